The summed E-state index contributed by atoms with van der Waals surface area (Å²) in [4.78, 5) is 19.6. The number of benzene rings is 3. The molecule has 2 heterocycles. The first kappa shape index (κ1) is 21.9. The monoisotopic (exact) mass is 470 g/mol. The topological polar surface area (TPSA) is 71.3 Å². The van der Waals surface area contributed by atoms with Crippen molar-refractivity contribution in [3.63, 3.8) is 0 Å². The highest BCUT2D eigenvalue weighted by Gasteiger charge is 2.35. The van der Waals surface area contributed by atoms with E-state index in [-0.39, 0.29) is 6.03 Å². The van der Waals surface area contributed by atoms with Gasteiger partial charge >= 0.3 is 6.03 Å². The molecule has 1 aliphatic rings. The maximum Gasteiger partial charge on any atom is 0.322 e. The summed E-state index contributed by atoms with van der Waals surface area (Å²) in [6.45, 7) is 4.25. The molecule has 6 nitrogen and oxygen atoms in total. The molecule has 0 bridgehead atoms. The predicted octanol–water partition coefficient (Wildman–Crippen LogP) is 6.40. The van der Waals surface area contributed by atoms with Crippen LogP contribution in [0.25, 0.3) is 17.0 Å². The number of allylic oxidation sites excluding steroid dienone is 1. The van der Waals surface area contributed by atoms with Gasteiger partial charge in [0.1, 0.15) is 0 Å². The number of aromatic nitrogens is 2. The first-order valence-electron chi connectivity index (χ1n) is 11.0. The molecule has 0 fully saturated rings. The van der Waals surface area contributed by atoms with Crippen molar-refractivity contribution in [2.75, 3.05) is 0 Å². The lowest BCUT2D eigenvalue weighted by Gasteiger charge is -2.35. The van der Waals surface area contributed by atoms with Crippen LogP contribution in [0, 0.1) is 6.92 Å². The molecule has 0 aliphatic carbocycles. The summed E-state index contributed by atoms with van der Waals surface area (Å²) in [6, 6.07) is 24.6. The number of urea groups is 1. The van der Waals surface area contributed by atoms with E-state index in [1.807, 2.05) is 92.7 Å². The van der Waals surface area contributed by atoms with Crippen molar-refractivity contribution >= 4 is 23.2 Å². The maximum atomic E-state index is 13.2. The van der Waals surface area contributed by atoms with Crippen LogP contribution in [0.3, 0.4) is 0 Å². The zero-order valence-corrected chi connectivity index (χ0v) is 19.6. The van der Waals surface area contributed by atoms with Crippen LogP contribution in [-0.2, 0) is 6.54 Å². The Bertz CT molecular complexity index is 1360. The molecule has 34 heavy (non-hydrogen) atoms. The number of hydrogen-bond donors (Lipinski definition) is 1. The van der Waals surface area contributed by atoms with Crippen molar-refractivity contribution in [3.8, 4) is 11.4 Å². The third-order valence-corrected chi connectivity index (χ3v) is 6.35. The van der Waals surface area contributed by atoms with Gasteiger partial charge in [-0.15, -0.1) is 0 Å². The second-order valence-corrected chi connectivity index (χ2v) is 8.67. The zero-order chi connectivity index (χ0) is 23.7. The Morgan fingerprint density at radius 2 is 1.68 bits per heavy atom. The molecular weight excluding hydrogens is 448 g/mol. The molecule has 0 radical (unpaired) electrons. The van der Waals surface area contributed by atoms with Gasteiger partial charge in [0.25, 0.3) is 5.89 Å². The standard InChI is InChI=1S/C27H23ClN4O2/c1-17-12-14-20(15-13-17)25-30-26(34-31-25)23-18(2)32(16-21-10-6-7-11-22(21)28)27(33)29-24(23)19-8-4-3-5-9-19/h3-15,24H,16H2,1-2H3,(H,29,33). The molecule has 4 aromatic rings. The van der Waals surface area contributed by atoms with Crippen LogP contribution < -0.4 is 5.32 Å². The van der Waals surface area contributed by atoms with Crippen LogP contribution in [0.4, 0.5) is 4.79 Å². The molecule has 7 heteroatoms. The van der Waals surface area contributed by atoms with Gasteiger partial charge in [-0.05, 0) is 31.0 Å². The van der Waals surface area contributed by atoms with E-state index in [2.05, 4.69) is 10.5 Å². The highest BCUT2D eigenvalue weighted by atomic mass is 35.5. The SMILES string of the molecule is CC1=C(c2nc(-c3ccc(C)cc3)no2)C(c2ccccc2)NC(=O)N1Cc1ccccc1Cl. The molecule has 0 spiro atoms. The average Bonchev–Trinajstić information content (AvgIpc) is 3.33. The Morgan fingerprint density at radius 3 is 2.41 bits per heavy atom. The lowest BCUT2D eigenvalue weighted by molar-refractivity contribution is 0.203. The Balaban J connectivity index is 1.60. The van der Waals surface area contributed by atoms with Crippen molar-refractivity contribution in [3.05, 3.63) is 112 Å². The van der Waals surface area contributed by atoms with E-state index in [0.717, 1.165) is 33.5 Å². The molecule has 2 amide bonds. The first-order chi connectivity index (χ1) is 16.5. The summed E-state index contributed by atoms with van der Waals surface area (Å²) >= 11 is 6.38. The van der Waals surface area contributed by atoms with E-state index >= 15 is 0 Å². The van der Waals surface area contributed by atoms with E-state index in [0.29, 0.717) is 23.3 Å². The van der Waals surface area contributed by atoms with Crippen LogP contribution in [0.2, 0.25) is 5.02 Å². The molecule has 170 valence electrons. The number of hydrogen-bond acceptors (Lipinski definition) is 4. The van der Waals surface area contributed by atoms with Gasteiger partial charge in [-0.3, -0.25) is 4.90 Å². The smallest absolute Gasteiger partial charge is 0.322 e. The molecule has 1 aromatic heterocycles. The summed E-state index contributed by atoms with van der Waals surface area (Å²) in [5, 5.41) is 7.95. The van der Waals surface area contributed by atoms with Crippen LogP contribution >= 0.6 is 11.6 Å². The highest BCUT2D eigenvalue weighted by molar-refractivity contribution is 6.31. The number of nitrogens with one attached hydrogen (secondary N) is 1. The van der Waals surface area contributed by atoms with Gasteiger partial charge in [0.15, 0.2) is 0 Å². The van der Waals surface area contributed by atoms with Crippen molar-refractivity contribution in [1.82, 2.24) is 20.4 Å². The van der Waals surface area contributed by atoms with E-state index < -0.39 is 6.04 Å². The maximum absolute atomic E-state index is 13.2. The number of carbonyl (C=O) groups is 1. The van der Waals surface area contributed by atoms with Crippen molar-refractivity contribution < 1.29 is 9.32 Å². The van der Waals surface area contributed by atoms with Crippen LogP contribution in [0.15, 0.2) is 89.1 Å². The van der Waals surface area contributed by atoms with Crippen LogP contribution in [-0.4, -0.2) is 21.1 Å². The minimum Gasteiger partial charge on any atom is -0.334 e. The summed E-state index contributed by atoms with van der Waals surface area (Å²) < 4.78 is 5.75. The van der Waals surface area contributed by atoms with E-state index in [4.69, 9.17) is 21.1 Å². The number of rotatable bonds is 5. The molecule has 1 aliphatic heterocycles. The third-order valence-electron chi connectivity index (χ3n) is 5.98. The fourth-order valence-corrected chi connectivity index (χ4v) is 4.29. The third kappa shape index (κ3) is 4.20. The van der Waals surface area contributed by atoms with Gasteiger partial charge in [-0.1, -0.05) is 95.1 Å². The first-order valence-corrected chi connectivity index (χ1v) is 11.4. The van der Waals surface area contributed by atoms with Gasteiger partial charge in [0, 0.05) is 16.3 Å². The van der Waals surface area contributed by atoms with Gasteiger partial charge < -0.3 is 9.84 Å². The number of carbonyl (C=O) groups excluding carboxylic acids is 1. The number of halogens is 1. The van der Waals surface area contributed by atoms with Gasteiger partial charge in [-0.25, -0.2) is 4.79 Å². The number of amides is 2. The fourth-order valence-electron chi connectivity index (χ4n) is 4.09. The lowest BCUT2D eigenvalue weighted by Crippen LogP contribution is -2.45. The normalized spacial score (nSPS) is 16.0. The van der Waals surface area contributed by atoms with Gasteiger partial charge in [0.05, 0.1) is 18.2 Å². The number of nitrogens with zero attached hydrogens (tertiary/aromatic N) is 3. The molecule has 1 unspecified atom stereocenters. The summed E-state index contributed by atoms with van der Waals surface area (Å²) in [5.41, 5.74) is 5.28. The largest absolute Gasteiger partial charge is 0.334 e. The Hall–Kier alpha value is -3.90. The second-order valence-electron chi connectivity index (χ2n) is 8.26. The van der Waals surface area contributed by atoms with Crippen molar-refractivity contribution in [2.24, 2.45) is 0 Å². The Kier molecular flexibility index (Phi) is 5.90. The summed E-state index contributed by atoms with van der Waals surface area (Å²) in [6.07, 6.45) is 0. The second kappa shape index (κ2) is 9.15. The Labute approximate surface area is 202 Å². The minimum atomic E-state index is -0.428. The minimum absolute atomic E-state index is 0.215. The van der Waals surface area contributed by atoms with E-state index in [9.17, 15) is 4.79 Å². The predicted molar refractivity (Wildman–Crippen MR) is 132 cm³/mol. The quantitative estimate of drug-likeness (QED) is 0.366. The molecule has 5 rings (SSSR count). The molecule has 0 saturated carbocycles. The zero-order valence-electron chi connectivity index (χ0n) is 18.8. The van der Waals surface area contributed by atoms with Crippen LogP contribution in [0.1, 0.15) is 35.5 Å². The van der Waals surface area contributed by atoms with E-state index in [1.54, 1.807) is 4.90 Å². The molecular formula is C27H23ClN4O2. The number of aryl methyl sites for hydroxylation is 1. The van der Waals surface area contributed by atoms with Crippen molar-refractivity contribution in [1.29, 1.82) is 0 Å². The average molecular weight is 471 g/mol. The molecule has 1 atom stereocenters. The van der Waals surface area contributed by atoms with Crippen molar-refractivity contribution in [2.45, 2.75) is 26.4 Å². The lowest BCUT2D eigenvalue weighted by atomic mass is 9.94. The van der Waals surface area contributed by atoms with Gasteiger partial charge in [0.2, 0.25) is 5.82 Å². The van der Waals surface area contributed by atoms with Gasteiger partial charge in [-0.2, -0.15) is 4.98 Å². The summed E-state index contributed by atoms with van der Waals surface area (Å²) in [7, 11) is 0. The molecule has 3 aromatic carbocycles. The fraction of sp³-hybridized carbons (Fsp3) is 0.148. The van der Waals surface area contributed by atoms with E-state index in [1.165, 1.54) is 0 Å². The summed E-state index contributed by atoms with van der Waals surface area (Å²) in [5.74, 6) is 0.864. The highest BCUT2D eigenvalue weighted by Crippen LogP contribution is 2.38. The molecule has 0 saturated heterocycles. The molecule has 1 N–H and O–H groups in total. The Morgan fingerprint density at radius 1 is 0.971 bits per heavy atom. The van der Waals surface area contributed by atoms with Crippen LogP contribution in [0.5, 0.6) is 0 Å².